The molecule has 0 saturated carbocycles. The lowest BCUT2D eigenvalue weighted by Crippen LogP contribution is -2.54. The number of hydrogen-bond donors (Lipinski definition) is 2. The second kappa shape index (κ2) is 5.98. The van der Waals surface area contributed by atoms with Gasteiger partial charge in [0.05, 0.1) is 17.7 Å². The summed E-state index contributed by atoms with van der Waals surface area (Å²) >= 11 is 3.16. The maximum Gasteiger partial charge on any atom is 0.252 e. The Hall–Kier alpha value is -0.980. The predicted molar refractivity (Wildman–Crippen MR) is 71.4 cm³/mol. The highest BCUT2D eigenvalue weighted by Crippen LogP contribution is 2.23. The molecule has 1 aromatic carbocycles. The van der Waals surface area contributed by atoms with Crippen LogP contribution in [0.1, 0.15) is 23.2 Å². The molecule has 0 radical (unpaired) electrons. The first-order chi connectivity index (χ1) is 9.06. The summed E-state index contributed by atoms with van der Waals surface area (Å²) in [5.74, 6) is -0.741. The monoisotopic (exact) mass is 331 g/mol. The molecule has 1 amide bonds. The molecule has 104 valence electrons. The van der Waals surface area contributed by atoms with Crippen LogP contribution in [0.3, 0.4) is 0 Å². The number of hydrogen-bond acceptors (Lipinski definition) is 3. The molecule has 0 aromatic heterocycles. The molecule has 4 nitrogen and oxygen atoms in total. The van der Waals surface area contributed by atoms with Crippen molar-refractivity contribution in [2.45, 2.75) is 18.4 Å². The highest BCUT2D eigenvalue weighted by atomic mass is 79.9. The van der Waals surface area contributed by atoms with E-state index in [0.717, 1.165) is 0 Å². The molecule has 6 heteroatoms. The van der Waals surface area contributed by atoms with Crippen molar-refractivity contribution in [2.24, 2.45) is 0 Å². The molecule has 1 heterocycles. The summed E-state index contributed by atoms with van der Waals surface area (Å²) in [6.45, 7) is 0.873. The molecule has 1 aromatic rings. The topological polar surface area (TPSA) is 58.6 Å². The molecule has 2 rings (SSSR count). The van der Waals surface area contributed by atoms with E-state index >= 15 is 0 Å². The second-order valence-electron chi connectivity index (χ2n) is 4.63. The molecular weight excluding hydrogens is 317 g/mol. The van der Waals surface area contributed by atoms with Gasteiger partial charge in [0, 0.05) is 17.7 Å². The van der Waals surface area contributed by atoms with Crippen LogP contribution in [0.4, 0.5) is 4.39 Å². The van der Waals surface area contributed by atoms with Crippen LogP contribution in [-0.2, 0) is 4.74 Å². The van der Waals surface area contributed by atoms with Crippen LogP contribution < -0.4 is 5.32 Å². The SMILES string of the molecule is O=C(NC1(CO)CCOCC1)c1ccc(F)cc1Br. The van der Waals surface area contributed by atoms with Crippen molar-refractivity contribution in [2.75, 3.05) is 19.8 Å². The molecule has 19 heavy (non-hydrogen) atoms. The summed E-state index contributed by atoms with van der Waals surface area (Å²) in [6.07, 6.45) is 1.13. The maximum atomic E-state index is 13.0. The van der Waals surface area contributed by atoms with E-state index in [0.29, 0.717) is 36.1 Å². The van der Waals surface area contributed by atoms with Crippen molar-refractivity contribution in [3.63, 3.8) is 0 Å². The lowest BCUT2D eigenvalue weighted by molar-refractivity contribution is 0.0125. The molecule has 1 aliphatic heterocycles. The van der Waals surface area contributed by atoms with E-state index < -0.39 is 11.4 Å². The fourth-order valence-electron chi connectivity index (χ4n) is 2.07. The molecule has 0 atom stereocenters. The normalized spacial score (nSPS) is 18.1. The lowest BCUT2D eigenvalue weighted by atomic mass is 9.90. The molecular formula is C13H15BrFNO3. The third-order valence-electron chi connectivity index (χ3n) is 3.31. The first kappa shape index (κ1) is 14.4. The molecule has 2 N–H and O–H groups in total. The van der Waals surface area contributed by atoms with Gasteiger partial charge in [0.2, 0.25) is 0 Å². The van der Waals surface area contributed by atoms with Gasteiger partial charge in [0.25, 0.3) is 5.91 Å². The highest BCUT2D eigenvalue weighted by molar-refractivity contribution is 9.10. The smallest absolute Gasteiger partial charge is 0.252 e. The van der Waals surface area contributed by atoms with Crippen molar-refractivity contribution in [1.82, 2.24) is 5.32 Å². The van der Waals surface area contributed by atoms with Crippen LogP contribution in [0.2, 0.25) is 0 Å². The van der Waals surface area contributed by atoms with Crippen molar-refractivity contribution in [1.29, 1.82) is 0 Å². The number of rotatable bonds is 3. The van der Waals surface area contributed by atoms with E-state index in [1.807, 2.05) is 0 Å². The van der Waals surface area contributed by atoms with Crippen LogP contribution in [0.15, 0.2) is 22.7 Å². The quantitative estimate of drug-likeness (QED) is 0.888. The van der Waals surface area contributed by atoms with Gasteiger partial charge in [-0.05, 0) is 47.0 Å². The molecule has 0 unspecified atom stereocenters. The highest BCUT2D eigenvalue weighted by Gasteiger charge is 2.34. The van der Waals surface area contributed by atoms with Crippen LogP contribution in [0.25, 0.3) is 0 Å². The number of benzene rings is 1. The molecule has 1 aliphatic rings. The van der Waals surface area contributed by atoms with E-state index in [9.17, 15) is 14.3 Å². The third-order valence-corrected chi connectivity index (χ3v) is 3.96. The zero-order chi connectivity index (χ0) is 13.9. The number of nitrogens with one attached hydrogen (secondary N) is 1. The first-order valence-corrected chi connectivity index (χ1v) is 6.82. The standard InChI is InChI=1S/C13H15BrFNO3/c14-11-7-9(15)1-2-10(11)12(18)16-13(8-17)3-5-19-6-4-13/h1-2,7,17H,3-6,8H2,(H,16,18). The van der Waals surface area contributed by atoms with Crippen molar-refractivity contribution in [3.8, 4) is 0 Å². The number of ether oxygens (including phenoxy) is 1. The summed E-state index contributed by atoms with van der Waals surface area (Å²) in [4.78, 5) is 12.2. The number of halogens is 2. The fourth-order valence-corrected chi connectivity index (χ4v) is 2.60. The van der Waals surface area contributed by atoms with Gasteiger partial charge in [-0.15, -0.1) is 0 Å². The van der Waals surface area contributed by atoms with E-state index in [1.165, 1.54) is 18.2 Å². The number of amides is 1. The van der Waals surface area contributed by atoms with E-state index in [-0.39, 0.29) is 12.5 Å². The predicted octanol–water partition coefficient (Wildman–Crippen LogP) is 1.86. The summed E-state index contributed by atoms with van der Waals surface area (Å²) in [5, 5.41) is 12.3. The molecule has 1 fully saturated rings. The zero-order valence-electron chi connectivity index (χ0n) is 10.3. The maximum absolute atomic E-state index is 13.0. The van der Waals surface area contributed by atoms with Crippen LogP contribution in [0.5, 0.6) is 0 Å². The van der Waals surface area contributed by atoms with Gasteiger partial charge in [-0.1, -0.05) is 0 Å². The summed E-state index contributed by atoms with van der Waals surface area (Å²) in [7, 11) is 0. The van der Waals surface area contributed by atoms with Crippen molar-refractivity contribution >= 4 is 21.8 Å². The van der Waals surface area contributed by atoms with E-state index in [4.69, 9.17) is 4.74 Å². The average molecular weight is 332 g/mol. The van der Waals surface area contributed by atoms with Gasteiger partial charge in [-0.3, -0.25) is 4.79 Å². The van der Waals surface area contributed by atoms with Crippen LogP contribution in [-0.4, -0.2) is 36.4 Å². The van der Waals surface area contributed by atoms with E-state index in [2.05, 4.69) is 21.2 Å². The Morgan fingerprint density at radius 2 is 2.16 bits per heavy atom. The Morgan fingerprint density at radius 3 is 2.74 bits per heavy atom. The molecule has 0 aliphatic carbocycles. The number of carbonyl (C=O) groups excluding carboxylic acids is 1. The van der Waals surface area contributed by atoms with Gasteiger partial charge < -0.3 is 15.2 Å². The van der Waals surface area contributed by atoms with Gasteiger partial charge in [-0.2, -0.15) is 0 Å². The summed E-state index contributed by atoms with van der Waals surface area (Å²) in [5.41, 5.74) is -0.302. The fraction of sp³-hybridized carbons (Fsp3) is 0.462. The van der Waals surface area contributed by atoms with Gasteiger partial charge in [0.1, 0.15) is 5.82 Å². The van der Waals surface area contributed by atoms with Gasteiger partial charge in [0.15, 0.2) is 0 Å². The minimum atomic E-state index is -0.650. The zero-order valence-corrected chi connectivity index (χ0v) is 11.9. The Balaban J connectivity index is 2.15. The Morgan fingerprint density at radius 1 is 1.47 bits per heavy atom. The Labute approximate surface area is 119 Å². The molecule has 0 spiro atoms. The average Bonchev–Trinajstić information content (AvgIpc) is 2.39. The van der Waals surface area contributed by atoms with E-state index in [1.54, 1.807) is 0 Å². The number of aliphatic hydroxyl groups excluding tert-OH is 1. The Kier molecular flexibility index (Phi) is 4.54. The summed E-state index contributed by atoms with van der Waals surface area (Å²) in [6, 6.07) is 3.89. The number of carbonyl (C=O) groups is 1. The van der Waals surface area contributed by atoms with Crippen LogP contribution in [0, 0.1) is 5.82 Å². The first-order valence-electron chi connectivity index (χ1n) is 6.02. The molecule has 1 saturated heterocycles. The minimum Gasteiger partial charge on any atom is -0.394 e. The molecule has 0 bridgehead atoms. The Bertz CT molecular complexity index is 475. The van der Waals surface area contributed by atoms with Gasteiger partial charge in [-0.25, -0.2) is 4.39 Å². The van der Waals surface area contributed by atoms with Crippen molar-refractivity contribution < 1.29 is 19.0 Å². The van der Waals surface area contributed by atoms with Gasteiger partial charge >= 0.3 is 0 Å². The van der Waals surface area contributed by atoms with Crippen LogP contribution >= 0.6 is 15.9 Å². The van der Waals surface area contributed by atoms with Crippen molar-refractivity contribution in [3.05, 3.63) is 34.1 Å². The largest absolute Gasteiger partial charge is 0.394 e. The number of aliphatic hydroxyl groups is 1. The second-order valence-corrected chi connectivity index (χ2v) is 5.48. The lowest BCUT2D eigenvalue weighted by Gasteiger charge is -2.36. The minimum absolute atomic E-state index is 0.138. The third kappa shape index (κ3) is 3.32. The summed E-state index contributed by atoms with van der Waals surface area (Å²) < 4.78 is 18.6.